The largest absolute Gasteiger partial charge is 0.497 e. The maximum atomic E-state index is 12.8. The van der Waals surface area contributed by atoms with Crippen LogP contribution in [0.3, 0.4) is 0 Å². The Morgan fingerprint density at radius 3 is 2.50 bits per heavy atom. The van der Waals surface area contributed by atoms with Crippen LogP contribution in [0.1, 0.15) is 42.6 Å². The third-order valence-electron chi connectivity index (χ3n) is 5.64. The van der Waals surface area contributed by atoms with Crippen LogP contribution in [0.5, 0.6) is 5.75 Å². The van der Waals surface area contributed by atoms with E-state index in [0.717, 1.165) is 30.9 Å². The van der Waals surface area contributed by atoms with Gasteiger partial charge < -0.3 is 20.3 Å². The predicted octanol–water partition coefficient (Wildman–Crippen LogP) is 3.64. The molecule has 0 atom stereocenters. The highest BCUT2D eigenvalue weighted by Crippen LogP contribution is 2.26. The molecule has 0 aliphatic carbocycles. The Morgan fingerprint density at radius 2 is 1.87 bits per heavy atom. The Kier molecular flexibility index (Phi) is 7.87. The first-order valence-corrected chi connectivity index (χ1v) is 11.4. The van der Waals surface area contributed by atoms with Crippen molar-refractivity contribution in [2.45, 2.75) is 32.7 Å². The van der Waals surface area contributed by atoms with Gasteiger partial charge in [-0.2, -0.15) is 0 Å². The molecule has 0 spiro atoms. The number of piperidine rings is 1. The summed E-state index contributed by atoms with van der Waals surface area (Å²) in [6.07, 6.45) is 2.24. The Labute approximate surface area is 182 Å². The van der Waals surface area contributed by atoms with E-state index < -0.39 is 0 Å². The molecule has 30 heavy (non-hydrogen) atoms. The molecule has 3 rings (SSSR count). The third kappa shape index (κ3) is 5.83. The van der Waals surface area contributed by atoms with Crippen LogP contribution < -0.4 is 15.4 Å². The van der Waals surface area contributed by atoms with Crippen LogP contribution in [0, 0.1) is 5.92 Å². The first-order chi connectivity index (χ1) is 14.5. The van der Waals surface area contributed by atoms with Crippen LogP contribution in [-0.2, 0) is 4.79 Å². The summed E-state index contributed by atoms with van der Waals surface area (Å²) >= 11 is 1.43. The van der Waals surface area contributed by atoms with Gasteiger partial charge in [0.15, 0.2) is 5.78 Å². The van der Waals surface area contributed by atoms with Crippen molar-refractivity contribution in [3.05, 3.63) is 46.8 Å². The van der Waals surface area contributed by atoms with Crippen molar-refractivity contribution < 1.29 is 14.3 Å². The number of amides is 1. The van der Waals surface area contributed by atoms with Gasteiger partial charge in [-0.25, -0.2) is 0 Å². The number of thiophene rings is 1. The van der Waals surface area contributed by atoms with Gasteiger partial charge in [-0.1, -0.05) is 0 Å². The summed E-state index contributed by atoms with van der Waals surface area (Å²) in [6, 6.07) is 9.42. The number of ether oxygens (including phenoxy) is 1. The van der Waals surface area contributed by atoms with Crippen molar-refractivity contribution in [3.8, 4) is 5.75 Å². The number of methoxy groups -OCH3 is 1. The topological polar surface area (TPSA) is 70.7 Å². The van der Waals surface area contributed by atoms with E-state index in [1.54, 1.807) is 37.4 Å². The van der Waals surface area contributed by atoms with Gasteiger partial charge in [-0.05, 0) is 81.4 Å². The minimum atomic E-state index is -0.0706. The fourth-order valence-corrected chi connectivity index (χ4v) is 4.46. The first-order valence-electron chi connectivity index (χ1n) is 10.5. The minimum absolute atomic E-state index is 0.0439. The highest BCUT2D eigenvalue weighted by molar-refractivity contribution is 7.14. The molecule has 1 fully saturated rings. The average molecular weight is 430 g/mol. The molecule has 7 heteroatoms. The van der Waals surface area contributed by atoms with Gasteiger partial charge in [0.1, 0.15) is 5.75 Å². The molecule has 1 aromatic carbocycles. The van der Waals surface area contributed by atoms with E-state index in [-0.39, 0.29) is 18.2 Å². The molecule has 1 aliphatic rings. The zero-order chi connectivity index (χ0) is 21.5. The normalized spacial score (nSPS) is 15.2. The summed E-state index contributed by atoms with van der Waals surface area (Å²) in [5.41, 5.74) is 1.17. The summed E-state index contributed by atoms with van der Waals surface area (Å²) in [5.74, 6) is 1.14. The molecule has 0 saturated carbocycles. The molecule has 1 aliphatic heterocycles. The highest BCUT2D eigenvalue weighted by atomic mass is 32.1. The monoisotopic (exact) mass is 429 g/mol. The lowest BCUT2D eigenvalue weighted by molar-refractivity contribution is -0.119. The second kappa shape index (κ2) is 10.6. The van der Waals surface area contributed by atoms with E-state index in [1.165, 1.54) is 11.3 Å². The number of nitrogens with one attached hydrogen (secondary N) is 2. The zero-order valence-electron chi connectivity index (χ0n) is 17.9. The molecule has 0 bridgehead atoms. The molecule has 2 aromatic rings. The molecule has 0 radical (unpaired) electrons. The Morgan fingerprint density at radius 1 is 1.17 bits per heavy atom. The van der Waals surface area contributed by atoms with Gasteiger partial charge in [0.05, 0.1) is 24.2 Å². The molecule has 162 valence electrons. The van der Waals surface area contributed by atoms with Crippen molar-refractivity contribution >= 4 is 28.0 Å². The number of hydrogen-bond acceptors (Lipinski definition) is 6. The number of carbonyl (C=O) groups excluding carboxylic acids is 2. The minimum Gasteiger partial charge on any atom is -0.497 e. The van der Waals surface area contributed by atoms with Crippen LogP contribution in [-0.4, -0.2) is 55.9 Å². The summed E-state index contributed by atoms with van der Waals surface area (Å²) in [7, 11) is 1.59. The van der Waals surface area contributed by atoms with Gasteiger partial charge in [-0.3, -0.25) is 9.59 Å². The average Bonchev–Trinajstić information content (AvgIpc) is 3.24. The van der Waals surface area contributed by atoms with Crippen LogP contribution in [0.15, 0.2) is 35.7 Å². The Balaban J connectivity index is 1.47. The Hall–Kier alpha value is -2.38. The van der Waals surface area contributed by atoms with Gasteiger partial charge in [0, 0.05) is 18.2 Å². The van der Waals surface area contributed by atoms with Gasteiger partial charge in [0.2, 0.25) is 5.91 Å². The number of rotatable bonds is 9. The lowest BCUT2D eigenvalue weighted by atomic mass is 9.96. The maximum absolute atomic E-state index is 12.8. The van der Waals surface area contributed by atoms with Crippen LogP contribution in [0.25, 0.3) is 0 Å². The second-order valence-corrected chi connectivity index (χ2v) is 8.87. The fraction of sp³-hybridized carbons (Fsp3) is 0.478. The quantitative estimate of drug-likeness (QED) is 0.596. The van der Waals surface area contributed by atoms with Gasteiger partial charge in [-0.15, -0.1) is 11.3 Å². The van der Waals surface area contributed by atoms with Crippen molar-refractivity contribution in [3.63, 3.8) is 0 Å². The molecular formula is C23H31N3O3S. The first kappa shape index (κ1) is 22.3. The number of ketones is 1. The van der Waals surface area contributed by atoms with E-state index in [9.17, 15) is 9.59 Å². The lowest BCUT2D eigenvalue weighted by Crippen LogP contribution is -2.42. The number of anilines is 1. The summed E-state index contributed by atoms with van der Waals surface area (Å²) in [5, 5.41) is 8.75. The number of benzene rings is 1. The SMILES string of the molecule is COc1ccc(C(=O)c2ccsc2NCC(=O)NCC2CCN(C(C)C)CC2)cc1. The Bertz CT molecular complexity index is 840. The standard InChI is InChI=1S/C23H31N3O3S/c1-16(2)26-11-8-17(9-12-26)14-24-21(27)15-25-23-20(10-13-30-23)22(28)18-4-6-19(29-3)7-5-18/h4-7,10,13,16-17,25H,8-9,11-12,14-15H2,1-3H3,(H,24,27). The predicted molar refractivity (Wildman–Crippen MR) is 122 cm³/mol. The molecular weight excluding hydrogens is 398 g/mol. The van der Waals surface area contributed by atoms with E-state index >= 15 is 0 Å². The number of carbonyl (C=O) groups is 2. The number of hydrogen-bond donors (Lipinski definition) is 2. The van der Waals surface area contributed by atoms with Crippen molar-refractivity contribution in [2.75, 3.05) is 38.6 Å². The van der Waals surface area contributed by atoms with Crippen molar-refractivity contribution in [2.24, 2.45) is 5.92 Å². The molecule has 0 unspecified atom stereocenters. The van der Waals surface area contributed by atoms with Crippen LogP contribution >= 0.6 is 11.3 Å². The van der Waals surface area contributed by atoms with E-state index in [1.807, 2.05) is 5.38 Å². The molecule has 1 saturated heterocycles. The summed E-state index contributed by atoms with van der Waals surface area (Å²) in [4.78, 5) is 27.6. The van der Waals surface area contributed by atoms with Crippen molar-refractivity contribution in [1.29, 1.82) is 0 Å². The molecule has 1 aromatic heterocycles. The van der Waals surface area contributed by atoms with Crippen LogP contribution in [0.2, 0.25) is 0 Å². The molecule has 2 N–H and O–H groups in total. The van der Waals surface area contributed by atoms with E-state index in [2.05, 4.69) is 29.4 Å². The van der Waals surface area contributed by atoms with E-state index in [0.29, 0.717) is 35.4 Å². The zero-order valence-corrected chi connectivity index (χ0v) is 18.8. The fourth-order valence-electron chi connectivity index (χ4n) is 3.68. The van der Waals surface area contributed by atoms with Crippen molar-refractivity contribution in [1.82, 2.24) is 10.2 Å². The highest BCUT2D eigenvalue weighted by Gasteiger charge is 2.21. The lowest BCUT2D eigenvalue weighted by Gasteiger charge is -2.34. The molecule has 1 amide bonds. The smallest absolute Gasteiger partial charge is 0.239 e. The maximum Gasteiger partial charge on any atom is 0.239 e. The van der Waals surface area contributed by atoms with Gasteiger partial charge in [0.25, 0.3) is 0 Å². The third-order valence-corrected chi connectivity index (χ3v) is 6.51. The molecule has 6 nitrogen and oxygen atoms in total. The second-order valence-electron chi connectivity index (χ2n) is 7.95. The van der Waals surface area contributed by atoms with Crippen LogP contribution in [0.4, 0.5) is 5.00 Å². The molecule has 2 heterocycles. The number of nitrogens with zero attached hydrogens (tertiary/aromatic N) is 1. The summed E-state index contributed by atoms with van der Waals surface area (Å²) < 4.78 is 5.14. The van der Waals surface area contributed by atoms with E-state index in [4.69, 9.17) is 4.74 Å². The number of likely N-dealkylation sites (tertiary alicyclic amines) is 1. The van der Waals surface area contributed by atoms with Gasteiger partial charge >= 0.3 is 0 Å². The summed E-state index contributed by atoms with van der Waals surface area (Å²) in [6.45, 7) is 7.53.